The van der Waals surface area contributed by atoms with Gasteiger partial charge in [0.25, 0.3) is 0 Å². The van der Waals surface area contributed by atoms with Gasteiger partial charge in [0.15, 0.2) is 0 Å². The van der Waals surface area contributed by atoms with E-state index in [-0.39, 0.29) is 5.78 Å². The van der Waals surface area contributed by atoms with Crippen LogP contribution in [0, 0.1) is 0 Å². The van der Waals surface area contributed by atoms with Crippen LogP contribution in [0.15, 0.2) is 24.3 Å². The van der Waals surface area contributed by atoms with Crippen LogP contribution in [0.3, 0.4) is 0 Å². The Kier molecular flexibility index (Phi) is 5.52. The van der Waals surface area contributed by atoms with E-state index in [2.05, 4.69) is 0 Å². The van der Waals surface area contributed by atoms with Crippen molar-refractivity contribution in [2.45, 2.75) is 25.8 Å². The highest BCUT2D eigenvalue weighted by atomic mass is 16.1. The Morgan fingerprint density at radius 3 is 2.72 bits per heavy atom. The molecule has 0 saturated carbocycles. The fourth-order valence-electron chi connectivity index (χ4n) is 1.82. The van der Waals surface area contributed by atoms with Crippen LogP contribution in [0.5, 0.6) is 0 Å². The largest absolute Gasteiger partial charge is 0.367 e. The lowest BCUT2D eigenvalue weighted by Gasteiger charge is -2.20. The minimum absolute atomic E-state index is 0.00808. The SMILES string of the molecule is CC(=O)C(N)CCc1ccccc1N(C)CC=O. The Hall–Kier alpha value is -1.68. The third-order valence-electron chi connectivity index (χ3n) is 3.00. The first kappa shape index (κ1) is 14.4. The van der Waals surface area contributed by atoms with E-state index in [1.165, 1.54) is 6.92 Å². The van der Waals surface area contributed by atoms with Gasteiger partial charge in [-0.1, -0.05) is 18.2 Å². The van der Waals surface area contributed by atoms with Crippen molar-refractivity contribution in [1.82, 2.24) is 0 Å². The van der Waals surface area contributed by atoms with Crippen molar-refractivity contribution in [2.24, 2.45) is 5.73 Å². The number of Topliss-reactive ketones (excluding diaryl/α,β-unsaturated/α-hetero) is 1. The molecule has 0 aliphatic heterocycles. The minimum atomic E-state index is -0.408. The summed E-state index contributed by atoms with van der Waals surface area (Å²) in [5.41, 5.74) is 7.85. The monoisotopic (exact) mass is 248 g/mol. The summed E-state index contributed by atoms with van der Waals surface area (Å²) in [5, 5.41) is 0. The number of carbonyl (C=O) groups excluding carboxylic acids is 2. The predicted molar refractivity (Wildman–Crippen MR) is 72.8 cm³/mol. The quantitative estimate of drug-likeness (QED) is 0.736. The van der Waals surface area contributed by atoms with Crippen LogP contribution >= 0.6 is 0 Å². The predicted octanol–water partition coefficient (Wildman–Crippen LogP) is 1.17. The van der Waals surface area contributed by atoms with E-state index in [1.54, 1.807) is 0 Å². The molecule has 2 N–H and O–H groups in total. The third kappa shape index (κ3) is 3.96. The van der Waals surface area contributed by atoms with Gasteiger partial charge >= 0.3 is 0 Å². The van der Waals surface area contributed by atoms with Gasteiger partial charge in [0, 0.05) is 12.7 Å². The van der Waals surface area contributed by atoms with Gasteiger partial charge < -0.3 is 15.4 Å². The second-order valence-corrected chi connectivity index (χ2v) is 4.43. The molecule has 0 amide bonds. The second kappa shape index (κ2) is 6.91. The average Bonchev–Trinajstić information content (AvgIpc) is 2.36. The Morgan fingerprint density at radius 1 is 1.44 bits per heavy atom. The first-order chi connectivity index (χ1) is 8.56. The molecule has 18 heavy (non-hydrogen) atoms. The Balaban J connectivity index is 2.76. The van der Waals surface area contributed by atoms with Gasteiger partial charge in [0.1, 0.15) is 12.1 Å². The number of hydrogen-bond donors (Lipinski definition) is 1. The van der Waals surface area contributed by atoms with Gasteiger partial charge in [0.2, 0.25) is 0 Å². The number of ketones is 1. The van der Waals surface area contributed by atoms with Gasteiger partial charge in [0.05, 0.1) is 12.6 Å². The zero-order valence-corrected chi connectivity index (χ0v) is 10.9. The number of aldehydes is 1. The minimum Gasteiger partial charge on any atom is -0.367 e. The molecule has 1 atom stereocenters. The highest BCUT2D eigenvalue weighted by Crippen LogP contribution is 2.20. The number of rotatable bonds is 7. The normalized spacial score (nSPS) is 11.9. The number of anilines is 1. The molecule has 0 bridgehead atoms. The molecule has 0 aliphatic rings. The molecule has 1 aromatic rings. The molecule has 1 aromatic carbocycles. The molecule has 0 spiro atoms. The molecule has 98 valence electrons. The lowest BCUT2D eigenvalue weighted by Crippen LogP contribution is -2.29. The molecule has 0 aliphatic carbocycles. The fraction of sp³-hybridized carbons (Fsp3) is 0.429. The lowest BCUT2D eigenvalue weighted by molar-refractivity contribution is -0.118. The lowest BCUT2D eigenvalue weighted by atomic mass is 10.0. The highest BCUT2D eigenvalue weighted by Gasteiger charge is 2.11. The van der Waals surface area contributed by atoms with Crippen molar-refractivity contribution in [2.75, 3.05) is 18.5 Å². The van der Waals surface area contributed by atoms with E-state index in [9.17, 15) is 9.59 Å². The summed E-state index contributed by atoms with van der Waals surface area (Å²) in [6.07, 6.45) is 2.24. The number of nitrogens with zero attached hydrogens (tertiary/aromatic N) is 1. The smallest absolute Gasteiger partial charge is 0.146 e. The van der Waals surface area contributed by atoms with Crippen molar-refractivity contribution in [3.05, 3.63) is 29.8 Å². The van der Waals surface area contributed by atoms with Crippen LogP contribution in [0.1, 0.15) is 18.9 Å². The summed E-state index contributed by atoms with van der Waals surface area (Å²) in [7, 11) is 1.87. The molecule has 0 saturated heterocycles. The molecular formula is C14H20N2O2. The molecule has 0 radical (unpaired) electrons. The number of aryl methyl sites for hydroxylation is 1. The maximum Gasteiger partial charge on any atom is 0.146 e. The van der Waals surface area contributed by atoms with E-state index in [1.807, 2.05) is 36.2 Å². The van der Waals surface area contributed by atoms with E-state index < -0.39 is 6.04 Å². The third-order valence-corrected chi connectivity index (χ3v) is 3.00. The standard InChI is InChI=1S/C14H20N2O2/c1-11(18)13(15)8-7-12-5-3-4-6-14(12)16(2)9-10-17/h3-6,10,13H,7-9,15H2,1-2H3. The molecule has 0 fully saturated rings. The first-order valence-corrected chi connectivity index (χ1v) is 6.05. The van der Waals surface area contributed by atoms with Crippen molar-refractivity contribution in [3.63, 3.8) is 0 Å². The van der Waals surface area contributed by atoms with Crippen LogP contribution in [-0.2, 0) is 16.0 Å². The van der Waals surface area contributed by atoms with Gasteiger partial charge in [-0.25, -0.2) is 0 Å². The summed E-state index contributed by atoms with van der Waals surface area (Å²) in [6, 6.07) is 7.45. The van der Waals surface area contributed by atoms with Crippen molar-refractivity contribution in [1.29, 1.82) is 0 Å². The van der Waals surface area contributed by atoms with Gasteiger partial charge in [-0.2, -0.15) is 0 Å². The number of benzene rings is 1. The van der Waals surface area contributed by atoms with Crippen molar-refractivity contribution in [3.8, 4) is 0 Å². The molecule has 4 nitrogen and oxygen atoms in total. The van der Waals surface area contributed by atoms with Crippen LogP contribution in [0.2, 0.25) is 0 Å². The molecule has 1 rings (SSSR count). The highest BCUT2D eigenvalue weighted by molar-refractivity contribution is 5.81. The summed E-state index contributed by atoms with van der Waals surface area (Å²) >= 11 is 0. The Bertz CT molecular complexity index is 418. The molecular weight excluding hydrogens is 228 g/mol. The van der Waals surface area contributed by atoms with Crippen LogP contribution in [-0.4, -0.2) is 31.7 Å². The topological polar surface area (TPSA) is 63.4 Å². The molecule has 0 heterocycles. The van der Waals surface area contributed by atoms with Crippen LogP contribution in [0.4, 0.5) is 5.69 Å². The zero-order valence-electron chi connectivity index (χ0n) is 10.9. The number of para-hydroxylation sites is 1. The van der Waals surface area contributed by atoms with Crippen molar-refractivity contribution >= 4 is 17.8 Å². The zero-order chi connectivity index (χ0) is 13.5. The van der Waals surface area contributed by atoms with E-state index in [0.717, 1.165) is 24.0 Å². The molecule has 0 aromatic heterocycles. The van der Waals surface area contributed by atoms with Crippen LogP contribution in [0.25, 0.3) is 0 Å². The van der Waals surface area contributed by atoms with Gasteiger partial charge in [-0.15, -0.1) is 0 Å². The van der Waals surface area contributed by atoms with E-state index in [4.69, 9.17) is 5.73 Å². The summed E-state index contributed by atoms with van der Waals surface area (Å²) in [4.78, 5) is 23.5. The first-order valence-electron chi connectivity index (χ1n) is 6.05. The van der Waals surface area contributed by atoms with Crippen LogP contribution < -0.4 is 10.6 Å². The fourth-order valence-corrected chi connectivity index (χ4v) is 1.82. The second-order valence-electron chi connectivity index (χ2n) is 4.43. The average molecular weight is 248 g/mol. The summed E-state index contributed by atoms with van der Waals surface area (Å²) in [6.45, 7) is 1.87. The van der Waals surface area contributed by atoms with Gasteiger partial charge in [-0.3, -0.25) is 4.79 Å². The number of nitrogens with two attached hydrogens (primary N) is 1. The molecule has 1 unspecified atom stereocenters. The van der Waals surface area contributed by atoms with Crippen molar-refractivity contribution < 1.29 is 9.59 Å². The molecule has 4 heteroatoms. The summed E-state index contributed by atoms with van der Waals surface area (Å²) < 4.78 is 0. The number of likely N-dealkylation sites (N-methyl/N-ethyl adjacent to an activating group) is 1. The van der Waals surface area contributed by atoms with Gasteiger partial charge in [-0.05, 0) is 31.4 Å². The van der Waals surface area contributed by atoms with E-state index >= 15 is 0 Å². The van der Waals surface area contributed by atoms with E-state index in [0.29, 0.717) is 13.0 Å². The Labute approximate surface area is 108 Å². The number of hydrogen-bond acceptors (Lipinski definition) is 4. The maximum atomic E-state index is 11.1. The number of carbonyl (C=O) groups is 2. The Morgan fingerprint density at radius 2 is 2.11 bits per heavy atom. The maximum absolute atomic E-state index is 11.1. The summed E-state index contributed by atoms with van der Waals surface area (Å²) in [5.74, 6) is 0.00808.